The van der Waals surface area contributed by atoms with E-state index in [4.69, 9.17) is 9.84 Å². The minimum absolute atomic E-state index is 0.178. The van der Waals surface area contributed by atoms with E-state index >= 15 is 0 Å². The topological polar surface area (TPSA) is 75.6 Å². The molecule has 5 heteroatoms. The lowest BCUT2D eigenvalue weighted by Gasteiger charge is -2.25. The number of carboxylic acid groups (broad SMARTS) is 1. The molecule has 5 nitrogen and oxygen atoms in total. The van der Waals surface area contributed by atoms with Crippen LogP contribution in [0.4, 0.5) is 5.69 Å². The number of hydrogen-bond donors (Lipinski definition) is 2. The first-order chi connectivity index (χ1) is 10.6. The van der Waals surface area contributed by atoms with Crippen LogP contribution in [0.25, 0.3) is 0 Å². The second-order valence-electron chi connectivity index (χ2n) is 5.07. The lowest BCUT2D eigenvalue weighted by atomic mass is 9.97. The van der Waals surface area contributed by atoms with E-state index in [2.05, 4.69) is 5.32 Å². The molecule has 0 radical (unpaired) electrons. The maximum Gasteiger partial charge on any atom is 0.335 e. The molecule has 2 aromatic carbocycles. The molecule has 22 heavy (non-hydrogen) atoms. The zero-order valence-electron chi connectivity index (χ0n) is 11.8. The highest BCUT2D eigenvalue weighted by Crippen LogP contribution is 2.28. The van der Waals surface area contributed by atoms with Crippen LogP contribution in [0.15, 0.2) is 48.5 Å². The van der Waals surface area contributed by atoms with Gasteiger partial charge >= 0.3 is 5.97 Å². The zero-order valence-corrected chi connectivity index (χ0v) is 11.8. The van der Waals surface area contributed by atoms with E-state index in [0.717, 1.165) is 17.5 Å². The van der Waals surface area contributed by atoms with E-state index < -0.39 is 12.1 Å². The lowest BCUT2D eigenvalue weighted by molar-refractivity contribution is -0.128. The van der Waals surface area contributed by atoms with Crippen LogP contribution in [0.1, 0.15) is 27.6 Å². The Bertz CT molecular complexity index is 709. The van der Waals surface area contributed by atoms with Crippen LogP contribution in [0.5, 0.6) is 0 Å². The molecule has 1 amide bonds. The molecular weight excluding hydrogens is 282 g/mol. The van der Waals surface area contributed by atoms with E-state index in [1.165, 1.54) is 12.1 Å². The van der Waals surface area contributed by atoms with E-state index in [1.54, 1.807) is 12.1 Å². The van der Waals surface area contributed by atoms with Crippen molar-refractivity contribution in [1.29, 1.82) is 0 Å². The summed E-state index contributed by atoms with van der Waals surface area (Å²) >= 11 is 0. The highest BCUT2D eigenvalue weighted by atomic mass is 16.5. The van der Waals surface area contributed by atoms with Gasteiger partial charge in [-0.05, 0) is 41.8 Å². The fourth-order valence-corrected chi connectivity index (χ4v) is 2.52. The zero-order chi connectivity index (χ0) is 15.5. The standard InChI is InChI=1S/C17H15NO4/c19-16(18-13-7-5-12(6-8-13)17(20)21)15-14-4-2-1-3-11(14)9-10-22-15/h1-8,15H,9-10H2,(H,18,19)(H,20,21). The minimum Gasteiger partial charge on any atom is -0.478 e. The van der Waals surface area contributed by atoms with Crippen molar-refractivity contribution in [3.63, 3.8) is 0 Å². The number of anilines is 1. The average molecular weight is 297 g/mol. The summed E-state index contributed by atoms with van der Waals surface area (Å²) < 4.78 is 5.59. The van der Waals surface area contributed by atoms with Crippen molar-refractivity contribution in [3.05, 3.63) is 65.2 Å². The largest absolute Gasteiger partial charge is 0.478 e. The third-order valence-electron chi connectivity index (χ3n) is 3.63. The molecule has 0 fully saturated rings. The maximum absolute atomic E-state index is 12.4. The molecule has 0 aromatic heterocycles. The molecule has 1 unspecified atom stereocenters. The summed E-state index contributed by atoms with van der Waals surface area (Å²) in [5.74, 6) is -1.25. The predicted molar refractivity (Wildman–Crippen MR) is 80.9 cm³/mol. The molecule has 0 saturated carbocycles. The molecule has 112 valence electrons. The molecule has 1 heterocycles. The van der Waals surface area contributed by atoms with Gasteiger partial charge in [0.15, 0.2) is 6.10 Å². The third-order valence-corrected chi connectivity index (χ3v) is 3.63. The Hall–Kier alpha value is -2.66. The van der Waals surface area contributed by atoms with Gasteiger partial charge in [-0.3, -0.25) is 4.79 Å². The second-order valence-corrected chi connectivity index (χ2v) is 5.07. The first kappa shape index (κ1) is 14.3. The number of ether oxygens (including phenoxy) is 1. The number of nitrogens with one attached hydrogen (secondary N) is 1. The summed E-state index contributed by atoms with van der Waals surface area (Å²) in [7, 11) is 0. The van der Waals surface area contributed by atoms with E-state index in [9.17, 15) is 9.59 Å². The molecule has 0 saturated heterocycles. The highest BCUT2D eigenvalue weighted by Gasteiger charge is 2.27. The van der Waals surface area contributed by atoms with Crippen molar-refractivity contribution < 1.29 is 19.4 Å². The Morgan fingerprint density at radius 3 is 2.55 bits per heavy atom. The quantitative estimate of drug-likeness (QED) is 0.913. The van der Waals surface area contributed by atoms with Crippen LogP contribution in [0.2, 0.25) is 0 Å². The predicted octanol–water partition coefficient (Wildman–Crippen LogP) is 2.64. The van der Waals surface area contributed by atoms with E-state index in [0.29, 0.717) is 12.3 Å². The second kappa shape index (κ2) is 5.99. The van der Waals surface area contributed by atoms with Gasteiger partial charge in [-0.2, -0.15) is 0 Å². The molecule has 1 atom stereocenters. The summed E-state index contributed by atoms with van der Waals surface area (Å²) in [6, 6.07) is 13.8. The Balaban J connectivity index is 1.76. The summed E-state index contributed by atoms with van der Waals surface area (Å²) in [4.78, 5) is 23.2. The Morgan fingerprint density at radius 2 is 1.82 bits per heavy atom. The van der Waals surface area contributed by atoms with Crippen LogP contribution in [-0.2, 0) is 16.0 Å². The summed E-state index contributed by atoms with van der Waals surface area (Å²) in [6.45, 7) is 0.507. The number of hydrogen-bond acceptors (Lipinski definition) is 3. The van der Waals surface area contributed by atoms with E-state index in [1.807, 2.05) is 24.3 Å². The first-order valence-corrected chi connectivity index (χ1v) is 6.99. The fraction of sp³-hybridized carbons (Fsp3) is 0.176. The molecule has 2 N–H and O–H groups in total. The number of carbonyl (C=O) groups is 2. The van der Waals surface area contributed by atoms with Gasteiger partial charge < -0.3 is 15.2 Å². The number of aromatic carboxylic acids is 1. The molecular formula is C17H15NO4. The van der Waals surface area contributed by atoms with Crippen LogP contribution in [0, 0.1) is 0 Å². The number of fused-ring (bicyclic) bond motifs is 1. The van der Waals surface area contributed by atoms with Gasteiger partial charge in [-0.25, -0.2) is 4.79 Å². The van der Waals surface area contributed by atoms with Gasteiger partial charge in [0.1, 0.15) is 0 Å². The fourth-order valence-electron chi connectivity index (χ4n) is 2.52. The highest BCUT2D eigenvalue weighted by molar-refractivity contribution is 5.96. The summed E-state index contributed by atoms with van der Waals surface area (Å²) in [6.07, 6.45) is 0.164. The normalized spacial score (nSPS) is 16.6. The number of amides is 1. The summed E-state index contributed by atoms with van der Waals surface area (Å²) in [5.41, 5.74) is 2.72. The van der Waals surface area contributed by atoms with Crippen LogP contribution in [0.3, 0.4) is 0 Å². The van der Waals surface area contributed by atoms with Gasteiger partial charge in [0.05, 0.1) is 12.2 Å². The van der Waals surface area contributed by atoms with Crippen molar-refractivity contribution in [2.24, 2.45) is 0 Å². The van der Waals surface area contributed by atoms with Crippen LogP contribution < -0.4 is 5.32 Å². The van der Waals surface area contributed by atoms with Crippen LogP contribution in [-0.4, -0.2) is 23.6 Å². The number of benzene rings is 2. The van der Waals surface area contributed by atoms with Crippen molar-refractivity contribution in [3.8, 4) is 0 Å². The number of rotatable bonds is 3. The lowest BCUT2D eigenvalue weighted by Crippen LogP contribution is -2.28. The third kappa shape index (κ3) is 2.84. The van der Waals surface area contributed by atoms with Gasteiger partial charge in [0, 0.05) is 5.69 Å². The maximum atomic E-state index is 12.4. The van der Waals surface area contributed by atoms with Crippen LogP contribution >= 0.6 is 0 Å². The molecule has 2 aromatic rings. The van der Waals surface area contributed by atoms with Crippen molar-refractivity contribution >= 4 is 17.6 Å². The number of carboxylic acids is 1. The van der Waals surface area contributed by atoms with Gasteiger partial charge in [-0.15, -0.1) is 0 Å². The Kier molecular flexibility index (Phi) is 3.89. The Morgan fingerprint density at radius 1 is 1.09 bits per heavy atom. The molecule has 0 aliphatic carbocycles. The molecule has 1 aliphatic rings. The summed E-state index contributed by atoms with van der Waals surface area (Å²) in [5, 5.41) is 11.6. The Labute approximate surface area is 127 Å². The molecule has 0 spiro atoms. The van der Waals surface area contributed by atoms with Gasteiger partial charge in [0.25, 0.3) is 5.91 Å². The molecule has 0 bridgehead atoms. The molecule has 1 aliphatic heterocycles. The van der Waals surface area contributed by atoms with E-state index in [-0.39, 0.29) is 11.5 Å². The minimum atomic E-state index is -0.998. The monoisotopic (exact) mass is 297 g/mol. The van der Waals surface area contributed by atoms with Crippen molar-refractivity contribution in [2.75, 3.05) is 11.9 Å². The van der Waals surface area contributed by atoms with Gasteiger partial charge in [0.2, 0.25) is 0 Å². The number of carbonyl (C=O) groups excluding carboxylic acids is 1. The average Bonchev–Trinajstić information content (AvgIpc) is 2.54. The molecule has 3 rings (SSSR count). The van der Waals surface area contributed by atoms with Gasteiger partial charge in [-0.1, -0.05) is 24.3 Å². The smallest absolute Gasteiger partial charge is 0.335 e. The van der Waals surface area contributed by atoms with Crippen molar-refractivity contribution in [2.45, 2.75) is 12.5 Å². The first-order valence-electron chi connectivity index (χ1n) is 6.99. The van der Waals surface area contributed by atoms with Crippen molar-refractivity contribution in [1.82, 2.24) is 0 Å². The SMILES string of the molecule is O=C(O)c1ccc(NC(=O)C2OCCc3ccccc32)cc1.